The predicted molar refractivity (Wildman–Crippen MR) is 75.6 cm³/mol. The Morgan fingerprint density at radius 1 is 1.30 bits per heavy atom. The molecule has 2 aromatic rings. The summed E-state index contributed by atoms with van der Waals surface area (Å²) < 4.78 is 18.6. The van der Waals surface area contributed by atoms with Crippen molar-refractivity contribution in [2.75, 3.05) is 7.11 Å². The Bertz CT molecular complexity index is 631. The van der Waals surface area contributed by atoms with Crippen LogP contribution in [0.3, 0.4) is 0 Å². The second-order valence-electron chi connectivity index (χ2n) is 4.12. The van der Waals surface area contributed by atoms with E-state index in [1.165, 1.54) is 25.3 Å². The number of carbonyl (C=O) groups is 1. The molecule has 0 aliphatic rings. The van der Waals surface area contributed by atoms with E-state index in [1.807, 2.05) is 0 Å². The fourth-order valence-corrected chi connectivity index (χ4v) is 1.98. The predicted octanol–water partition coefficient (Wildman–Crippen LogP) is 3.42. The van der Waals surface area contributed by atoms with E-state index < -0.39 is 5.82 Å². The van der Waals surface area contributed by atoms with Gasteiger partial charge in [0.05, 0.1) is 12.7 Å². The number of rotatable bonds is 4. The van der Waals surface area contributed by atoms with E-state index in [2.05, 4.69) is 5.32 Å². The van der Waals surface area contributed by atoms with E-state index in [-0.39, 0.29) is 12.5 Å². The lowest BCUT2D eigenvalue weighted by Gasteiger charge is -2.09. The third-order valence-corrected chi connectivity index (χ3v) is 3.03. The van der Waals surface area contributed by atoms with Gasteiger partial charge in [0.15, 0.2) is 0 Å². The lowest BCUT2D eigenvalue weighted by Crippen LogP contribution is -2.23. The van der Waals surface area contributed by atoms with Crippen molar-refractivity contribution in [3.63, 3.8) is 0 Å². The van der Waals surface area contributed by atoms with Crippen LogP contribution in [0.4, 0.5) is 4.39 Å². The molecule has 0 spiro atoms. The summed E-state index contributed by atoms with van der Waals surface area (Å²) in [6, 6.07) is 11.1. The Kier molecular flexibility index (Phi) is 4.58. The number of hydrogen-bond donors (Lipinski definition) is 1. The first-order chi connectivity index (χ1) is 9.61. The number of nitrogens with one attached hydrogen (secondary N) is 1. The Morgan fingerprint density at radius 2 is 2.05 bits per heavy atom. The van der Waals surface area contributed by atoms with Gasteiger partial charge >= 0.3 is 0 Å². The number of para-hydroxylation sites is 1. The summed E-state index contributed by atoms with van der Waals surface area (Å²) in [4.78, 5) is 12.0. The van der Waals surface area contributed by atoms with Crippen LogP contribution in [0.2, 0.25) is 5.02 Å². The van der Waals surface area contributed by atoms with Gasteiger partial charge in [-0.05, 0) is 30.3 Å². The van der Waals surface area contributed by atoms with Gasteiger partial charge in [-0.2, -0.15) is 0 Å². The minimum absolute atomic E-state index is 0.0588. The molecule has 0 bridgehead atoms. The topological polar surface area (TPSA) is 38.3 Å². The molecule has 0 saturated carbocycles. The molecular weight excluding hydrogens is 281 g/mol. The summed E-state index contributed by atoms with van der Waals surface area (Å²) in [5.74, 6) is -0.270. The van der Waals surface area contributed by atoms with Crippen molar-refractivity contribution in [2.45, 2.75) is 6.54 Å². The number of amides is 1. The maximum Gasteiger partial charge on any atom is 0.255 e. The largest absolute Gasteiger partial charge is 0.496 e. The third-order valence-electron chi connectivity index (χ3n) is 2.80. The Balaban J connectivity index is 2.11. The van der Waals surface area contributed by atoms with E-state index in [1.54, 1.807) is 24.3 Å². The van der Waals surface area contributed by atoms with Crippen LogP contribution < -0.4 is 10.1 Å². The molecule has 104 valence electrons. The van der Waals surface area contributed by atoms with Gasteiger partial charge in [-0.3, -0.25) is 4.79 Å². The van der Waals surface area contributed by atoms with Crippen LogP contribution in [-0.4, -0.2) is 13.0 Å². The zero-order valence-corrected chi connectivity index (χ0v) is 11.6. The van der Waals surface area contributed by atoms with Gasteiger partial charge in [-0.25, -0.2) is 4.39 Å². The molecular formula is C15H13ClFNO2. The first-order valence-electron chi connectivity index (χ1n) is 5.97. The van der Waals surface area contributed by atoms with Crippen molar-refractivity contribution in [1.82, 2.24) is 5.32 Å². The SMILES string of the molecule is COc1ccccc1C(=O)NCc1cc(Cl)ccc1F. The van der Waals surface area contributed by atoms with E-state index >= 15 is 0 Å². The van der Waals surface area contributed by atoms with Gasteiger partial charge in [0, 0.05) is 17.1 Å². The summed E-state index contributed by atoms with van der Waals surface area (Å²) in [5, 5.41) is 3.06. The second kappa shape index (κ2) is 6.39. The van der Waals surface area contributed by atoms with Crippen molar-refractivity contribution >= 4 is 17.5 Å². The van der Waals surface area contributed by atoms with Crippen molar-refractivity contribution in [2.24, 2.45) is 0 Å². The van der Waals surface area contributed by atoms with Crippen molar-refractivity contribution < 1.29 is 13.9 Å². The number of halogens is 2. The van der Waals surface area contributed by atoms with Crippen LogP contribution in [0, 0.1) is 5.82 Å². The maximum absolute atomic E-state index is 13.5. The molecule has 0 heterocycles. The smallest absolute Gasteiger partial charge is 0.255 e. The number of carbonyl (C=O) groups excluding carboxylic acids is 1. The molecule has 0 unspecified atom stereocenters. The summed E-state index contributed by atoms with van der Waals surface area (Å²) >= 11 is 5.80. The highest BCUT2D eigenvalue weighted by Gasteiger charge is 2.12. The molecule has 1 N–H and O–H groups in total. The normalized spacial score (nSPS) is 10.2. The fraction of sp³-hybridized carbons (Fsp3) is 0.133. The van der Waals surface area contributed by atoms with Gasteiger partial charge in [0.25, 0.3) is 5.91 Å². The van der Waals surface area contributed by atoms with Crippen LogP contribution in [-0.2, 0) is 6.54 Å². The number of methoxy groups -OCH3 is 1. The summed E-state index contributed by atoms with van der Waals surface area (Å²) in [5.41, 5.74) is 0.734. The zero-order valence-electron chi connectivity index (χ0n) is 10.8. The highest BCUT2D eigenvalue weighted by Crippen LogP contribution is 2.18. The monoisotopic (exact) mass is 293 g/mol. The Labute approximate surface area is 121 Å². The van der Waals surface area contributed by atoms with Crippen molar-refractivity contribution in [1.29, 1.82) is 0 Å². The fourth-order valence-electron chi connectivity index (χ4n) is 1.78. The highest BCUT2D eigenvalue weighted by atomic mass is 35.5. The molecule has 0 aromatic heterocycles. The summed E-state index contributed by atoms with van der Waals surface area (Å²) in [6.07, 6.45) is 0. The van der Waals surface area contributed by atoms with Crippen molar-refractivity contribution in [3.05, 3.63) is 64.4 Å². The molecule has 0 saturated heterocycles. The van der Waals surface area contributed by atoms with Gasteiger partial charge < -0.3 is 10.1 Å². The minimum Gasteiger partial charge on any atom is -0.496 e. The van der Waals surface area contributed by atoms with E-state index in [9.17, 15) is 9.18 Å². The van der Waals surface area contributed by atoms with Gasteiger partial charge in [0.2, 0.25) is 0 Å². The number of hydrogen-bond acceptors (Lipinski definition) is 2. The van der Waals surface area contributed by atoms with Crippen LogP contribution >= 0.6 is 11.6 Å². The van der Waals surface area contributed by atoms with E-state index in [0.29, 0.717) is 21.9 Å². The standard InChI is InChI=1S/C15H13ClFNO2/c1-20-14-5-3-2-4-12(14)15(19)18-9-10-8-11(16)6-7-13(10)17/h2-8H,9H2,1H3,(H,18,19). The molecule has 20 heavy (non-hydrogen) atoms. The van der Waals surface area contributed by atoms with Gasteiger partial charge in [0.1, 0.15) is 11.6 Å². The lowest BCUT2D eigenvalue weighted by atomic mass is 10.1. The molecule has 2 aromatic carbocycles. The van der Waals surface area contributed by atoms with Gasteiger partial charge in [-0.15, -0.1) is 0 Å². The maximum atomic E-state index is 13.5. The lowest BCUT2D eigenvalue weighted by molar-refractivity contribution is 0.0947. The second-order valence-corrected chi connectivity index (χ2v) is 4.56. The molecule has 0 atom stereocenters. The molecule has 5 heteroatoms. The first-order valence-corrected chi connectivity index (χ1v) is 6.34. The third kappa shape index (κ3) is 3.27. The van der Waals surface area contributed by atoms with E-state index in [0.717, 1.165) is 0 Å². The average Bonchev–Trinajstić information content (AvgIpc) is 2.47. The van der Waals surface area contributed by atoms with Crippen LogP contribution in [0.1, 0.15) is 15.9 Å². The minimum atomic E-state index is -0.408. The molecule has 3 nitrogen and oxygen atoms in total. The van der Waals surface area contributed by atoms with Crippen LogP contribution in [0.15, 0.2) is 42.5 Å². The quantitative estimate of drug-likeness (QED) is 0.938. The van der Waals surface area contributed by atoms with Crippen LogP contribution in [0.25, 0.3) is 0 Å². The molecule has 0 fully saturated rings. The first kappa shape index (κ1) is 14.3. The van der Waals surface area contributed by atoms with E-state index in [4.69, 9.17) is 16.3 Å². The molecule has 2 rings (SSSR count). The summed E-state index contributed by atoms with van der Waals surface area (Å²) in [6.45, 7) is 0.0588. The zero-order chi connectivity index (χ0) is 14.5. The Hall–Kier alpha value is -2.07. The van der Waals surface area contributed by atoms with Crippen LogP contribution in [0.5, 0.6) is 5.75 Å². The summed E-state index contributed by atoms with van der Waals surface area (Å²) in [7, 11) is 1.49. The Morgan fingerprint density at radius 3 is 2.80 bits per heavy atom. The molecule has 0 aliphatic carbocycles. The average molecular weight is 294 g/mol. The highest BCUT2D eigenvalue weighted by molar-refractivity contribution is 6.30. The van der Waals surface area contributed by atoms with Crippen molar-refractivity contribution in [3.8, 4) is 5.75 Å². The molecule has 0 aliphatic heterocycles. The number of ether oxygens (including phenoxy) is 1. The molecule has 1 amide bonds. The van der Waals surface area contributed by atoms with Gasteiger partial charge in [-0.1, -0.05) is 23.7 Å². The number of benzene rings is 2. The molecule has 0 radical (unpaired) electrons.